The van der Waals surface area contributed by atoms with Crippen molar-refractivity contribution in [3.8, 4) is 6.07 Å². The van der Waals surface area contributed by atoms with Crippen LogP contribution in [0, 0.1) is 11.3 Å². The molecule has 1 aromatic carbocycles. The first-order valence-electron chi connectivity index (χ1n) is 6.49. The number of nitrogens with zero attached hydrogens (tertiary/aromatic N) is 3. The van der Waals surface area contributed by atoms with E-state index < -0.39 is 0 Å². The summed E-state index contributed by atoms with van der Waals surface area (Å²) in [5, 5.41) is 14.6. The number of anilines is 2. The number of nitriles is 1. The molecule has 6 heteroatoms. The lowest BCUT2D eigenvalue weighted by molar-refractivity contribution is 0.102. The number of rotatable bonds is 4. The maximum Gasteiger partial charge on any atom is 0.274 e. The molecular formula is C15H15N5O. The molecule has 2 rings (SSSR count). The number of nitrogens with one attached hydrogen (secondary N) is 2. The van der Waals surface area contributed by atoms with Gasteiger partial charge in [-0.2, -0.15) is 5.26 Å². The number of carbonyl (C=O) groups excluding carboxylic acids is 1. The fourth-order valence-corrected chi connectivity index (χ4v) is 1.67. The molecular weight excluding hydrogens is 266 g/mol. The topological polar surface area (TPSA) is 90.7 Å². The molecule has 2 N–H and O–H groups in total. The van der Waals surface area contributed by atoms with Crippen molar-refractivity contribution in [1.82, 2.24) is 9.97 Å². The molecule has 1 heterocycles. The largest absolute Gasteiger partial charge is 0.352 e. The molecule has 0 saturated heterocycles. The summed E-state index contributed by atoms with van der Waals surface area (Å²) in [5.41, 5.74) is 1.30. The summed E-state index contributed by atoms with van der Waals surface area (Å²) >= 11 is 0. The minimum absolute atomic E-state index is 0.177. The van der Waals surface area contributed by atoms with Crippen LogP contribution in [0.15, 0.2) is 36.5 Å². The lowest BCUT2D eigenvalue weighted by Gasteiger charge is -2.09. The van der Waals surface area contributed by atoms with Crippen molar-refractivity contribution in [2.24, 2.45) is 0 Å². The highest BCUT2D eigenvalue weighted by atomic mass is 16.1. The van der Waals surface area contributed by atoms with Crippen molar-refractivity contribution in [2.45, 2.75) is 19.9 Å². The summed E-state index contributed by atoms with van der Waals surface area (Å²) in [5.74, 6) is 0.0581. The van der Waals surface area contributed by atoms with E-state index in [1.54, 1.807) is 24.3 Å². The Bertz CT molecular complexity index is 690. The first-order chi connectivity index (χ1) is 10.1. The molecule has 21 heavy (non-hydrogen) atoms. The van der Waals surface area contributed by atoms with Gasteiger partial charge in [0.15, 0.2) is 0 Å². The summed E-state index contributed by atoms with van der Waals surface area (Å²) in [7, 11) is 0. The van der Waals surface area contributed by atoms with E-state index in [0.717, 1.165) is 0 Å². The zero-order valence-corrected chi connectivity index (χ0v) is 11.8. The molecule has 0 saturated carbocycles. The van der Waals surface area contributed by atoms with Crippen LogP contribution in [-0.2, 0) is 0 Å². The van der Waals surface area contributed by atoms with E-state index in [4.69, 9.17) is 5.26 Å². The quantitative estimate of drug-likeness (QED) is 0.898. The van der Waals surface area contributed by atoms with Crippen LogP contribution in [0.25, 0.3) is 0 Å². The molecule has 6 nitrogen and oxygen atoms in total. The Hall–Kier alpha value is -2.94. The number of hydrogen-bond acceptors (Lipinski definition) is 5. The minimum atomic E-state index is -0.348. The predicted molar refractivity (Wildman–Crippen MR) is 79.9 cm³/mol. The molecule has 0 radical (unpaired) electrons. The lowest BCUT2D eigenvalue weighted by Crippen LogP contribution is -2.17. The van der Waals surface area contributed by atoms with Crippen LogP contribution < -0.4 is 10.6 Å². The Morgan fingerprint density at radius 2 is 2.14 bits per heavy atom. The minimum Gasteiger partial charge on any atom is -0.352 e. The van der Waals surface area contributed by atoms with Crippen LogP contribution in [0.1, 0.15) is 29.9 Å². The van der Waals surface area contributed by atoms with E-state index in [2.05, 4.69) is 20.6 Å². The maximum absolute atomic E-state index is 12.1. The Kier molecular flexibility index (Phi) is 4.46. The third-order valence-corrected chi connectivity index (χ3v) is 2.56. The molecule has 1 amide bonds. The summed E-state index contributed by atoms with van der Waals surface area (Å²) < 4.78 is 0. The van der Waals surface area contributed by atoms with Gasteiger partial charge in [-0.05, 0) is 38.1 Å². The molecule has 106 valence electrons. The molecule has 1 aromatic heterocycles. The Labute approximate surface area is 122 Å². The van der Waals surface area contributed by atoms with Gasteiger partial charge in [0.25, 0.3) is 5.91 Å². The molecule has 0 fully saturated rings. The molecule has 0 atom stereocenters. The van der Waals surface area contributed by atoms with Gasteiger partial charge in [-0.1, -0.05) is 6.07 Å². The lowest BCUT2D eigenvalue weighted by atomic mass is 10.2. The van der Waals surface area contributed by atoms with Gasteiger partial charge in [-0.25, -0.2) is 9.97 Å². The monoisotopic (exact) mass is 281 g/mol. The molecule has 0 bridgehead atoms. The van der Waals surface area contributed by atoms with E-state index >= 15 is 0 Å². The van der Waals surface area contributed by atoms with Gasteiger partial charge in [-0.15, -0.1) is 0 Å². The third-order valence-electron chi connectivity index (χ3n) is 2.56. The van der Waals surface area contributed by atoms with Gasteiger partial charge in [-0.3, -0.25) is 4.79 Å². The smallest absolute Gasteiger partial charge is 0.274 e. The predicted octanol–water partition coefficient (Wildman–Crippen LogP) is 2.42. The highest BCUT2D eigenvalue weighted by Crippen LogP contribution is 2.11. The fourth-order valence-electron chi connectivity index (χ4n) is 1.67. The standard InChI is InChI=1S/C15H15N5O/c1-10(2)18-15-17-7-6-13(20-15)14(21)19-12-5-3-4-11(8-12)9-16/h3-8,10H,1-2H3,(H,19,21)(H,17,18,20). The fraction of sp³-hybridized carbons (Fsp3) is 0.200. The number of aromatic nitrogens is 2. The van der Waals surface area contributed by atoms with E-state index in [1.165, 1.54) is 12.3 Å². The van der Waals surface area contributed by atoms with Gasteiger partial charge in [0.1, 0.15) is 5.69 Å². The molecule has 2 aromatic rings. The highest BCUT2D eigenvalue weighted by molar-refractivity contribution is 6.03. The van der Waals surface area contributed by atoms with Gasteiger partial charge in [0.2, 0.25) is 5.95 Å². The number of hydrogen-bond donors (Lipinski definition) is 2. The number of benzene rings is 1. The van der Waals surface area contributed by atoms with E-state index in [9.17, 15) is 4.79 Å². The van der Waals surface area contributed by atoms with Gasteiger partial charge in [0, 0.05) is 17.9 Å². The van der Waals surface area contributed by atoms with E-state index in [0.29, 0.717) is 17.2 Å². The second-order valence-electron chi connectivity index (χ2n) is 4.71. The average molecular weight is 281 g/mol. The van der Waals surface area contributed by atoms with Gasteiger partial charge >= 0.3 is 0 Å². The van der Waals surface area contributed by atoms with E-state index in [1.807, 2.05) is 19.9 Å². The van der Waals surface area contributed by atoms with Crippen molar-refractivity contribution < 1.29 is 4.79 Å². The third kappa shape index (κ3) is 4.01. The van der Waals surface area contributed by atoms with Crippen molar-refractivity contribution in [1.29, 1.82) is 5.26 Å². The number of amides is 1. The van der Waals surface area contributed by atoms with Crippen LogP contribution in [0.2, 0.25) is 0 Å². The summed E-state index contributed by atoms with van der Waals surface area (Å²) in [6, 6.07) is 10.4. The molecule has 0 unspecified atom stereocenters. The van der Waals surface area contributed by atoms with Crippen LogP contribution in [-0.4, -0.2) is 21.9 Å². The molecule has 0 aliphatic heterocycles. The summed E-state index contributed by atoms with van der Waals surface area (Å²) in [6.07, 6.45) is 1.53. The van der Waals surface area contributed by atoms with Crippen molar-refractivity contribution in [2.75, 3.05) is 10.6 Å². The van der Waals surface area contributed by atoms with Crippen LogP contribution >= 0.6 is 0 Å². The Morgan fingerprint density at radius 1 is 1.33 bits per heavy atom. The normalized spacial score (nSPS) is 10.0. The Balaban J connectivity index is 2.14. The molecule has 0 spiro atoms. The van der Waals surface area contributed by atoms with Crippen molar-refractivity contribution in [3.05, 3.63) is 47.8 Å². The Morgan fingerprint density at radius 3 is 2.86 bits per heavy atom. The van der Waals surface area contributed by atoms with Crippen molar-refractivity contribution >= 4 is 17.5 Å². The van der Waals surface area contributed by atoms with Crippen LogP contribution in [0.4, 0.5) is 11.6 Å². The first kappa shape index (κ1) is 14.5. The highest BCUT2D eigenvalue weighted by Gasteiger charge is 2.10. The van der Waals surface area contributed by atoms with Crippen molar-refractivity contribution in [3.63, 3.8) is 0 Å². The molecule has 0 aliphatic rings. The molecule has 0 aliphatic carbocycles. The van der Waals surface area contributed by atoms with Gasteiger partial charge < -0.3 is 10.6 Å². The SMILES string of the molecule is CC(C)Nc1nccc(C(=O)Nc2cccc(C#N)c2)n1. The number of carbonyl (C=O) groups is 1. The summed E-state index contributed by atoms with van der Waals surface area (Å²) in [4.78, 5) is 20.3. The first-order valence-corrected chi connectivity index (χ1v) is 6.49. The van der Waals surface area contributed by atoms with Crippen LogP contribution in [0.5, 0.6) is 0 Å². The van der Waals surface area contributed by atoms with E-state index in [-0.39, 0.29) is 17.6 Å². The zero-order valence-electron chi connectivity index (χ0n) is 11.8. The maximum atomic E-state index is 12.1. The second kappa shape index (κ2) is 6.48. The second-order valence-corrected chi connectivity index (χ2v) is 4.71. The summed E-state index contributed by atoms with van der Waals surface area (Å²) in [6.45, 7) is 3.92. The zero-order chi connectivity index (χ0) is 15.2. The van der Waals surface area contributed by atoms with Crippen LogP contribution in [0.3, 0.4) is 0 Å². The van der Waals surface area contributed by atoms with Gasteiger partial charge in [0.05, 0.1) is 11.6 Å². The average Bonchev–Trinajstić information content (AvgIpc) is 2.47.